The zero-order valence-electron chi connectivity index (χ0n) is 13.0. The predicted octanol–water partition coefficient (Wildman–Crippen LogP) is 2.09. The Morgan fingerprint density at radius 3 is 2.67 bits per heavy atom. The fraction of sp³-hybridized carbons (Fsp3) is 0.333. The minimum absolute atomic E-state index is 0.0580. The Morgan fingerprint density at radius 1 is 1.42 bits per heavy atom. The number of benzene rings is 1. The summed E-state index contributed by atoms with van der Waals surface area (Å²) in [5.41, 5.74) is 11.3. The van der Waals surface area contributed by atoms with Crippen molar-refractivity contribution < 1.29 is 14.3 Å². The average molecular weight is 462 g/mol. The Hall–Kier alpha value is -1.74. The maximum atomic E-state index is 12.0. The molecule has 24 heavy (non-hydrogen) atoms. The van der Waals surface area contributed by atoms with Crippen LogP contribution in [0.2, 0.25) is 0 Å². The molecule has 1 aliphatic heterocycles. The van der Waals surface area contributed by atoms with Crippen molar-refractivity contribution in [2.24, 2.45) is 16.5 Å². The van der Waals surface area contributed by atoms with E-state index < -0.39 is 0 Å². The van der Waals surface area contributed by atoms with Gasteiger partial charge in [0.2, 0.25) is 0 Å². The van der Waals surface area contributed by atoms with Crippen LogP contribution in [0.4, 0.5) is 0 Å². The lowest BCUT2D eigenvalue weighted by atomic mass is 10.2. The maximum Gasteiger partial charge on any atom is 0.289 e. The third-order valence-corrected chi connectivity index (χ3v) is 4.40. The first-order valence-electron chi connectivity index (χ1n) is 7.18. The molecule has 130 valence electrons. The van der Waals surface area contributed by atoms with E-state index in [1.54, 1.807) is 13.2 Å². The van der Waals surface area contributed by atoms with E-state index in [4.69, 9.17) is 20.9 Å². The number of carbonyl (C=O) groups is 1. The first-order valence-corrected chi connectivity index (χ1v) is 8.77. The molecule has 0 radical (unpaired) electrons. The third-order valence-electron chi connectivity index (χ3n) is 3.23. The normalized spacial score (nSPS) is 18.2. The second-order valence-electron chi connectivity index (χ2n) is 5.06. The molecule has 5 N–H and O–H groups in total. The standard InChI is InChI=1S/C15H18Br2N4O3/c1-23-13-9(16)5-8(6-10(13)17)7-11-14(22)21-12(24-11)3-2-4-20-15(18)19/h5-7,12H,2-4H2,1H3,(H,21,22)(H4,18,19,20)/t12-/m0/s1. The van der Waals surface area contributed by atoms with E-state index >= 15 is 0 Å². The first kappa shape index (κ1) is 18.6. The summed E-state index contributed by atoms with van der Waals surface area (Å²) in [7, 11) is 1.59. The summed E-state index contributed by atoms with van der Waals surface area (Å²) in [5.74, 6) is 0.768. The number of nitrogens with two attached hydrogens (primary N) is 2. The smallest absolute Gasteiger partial charge is 0.289 e. The summed E-state index contributed by atoms with van der Waals surface area (Å²) >= 11 is 6.86. The van der Waals surface area contributed by atoms with Gasteiger partial charge in [-0.3, -0.25) is 9.79 Å². The van der Waals surface area contributed by atoms with Crippen molar-refractivity contribution in [1.82, 2.24) is 5.32 Å². The Balaban J connectivity index is 2.03. The molecule has 7 nitrogen and oxygen atoms in total. The number of nitrogens with zero attached hydrogens (tertiary/aromatic N) is 1. The van der Waals surface area contributed by atoms with Crippen LogP contribution in [0.3, 0.4) is 0 Å². The number of guanidine groups is 1. The van der Waals surface area contributed by atoms with E-state index in [1.165, 1.54) is 0 Å². The van der Waals surface area contributed by atoms with Gasteiger partial charge in [0.15, 0.2) is 17.9 Å². The molecular formula is C15H18Br2N4O3. The lowest BCUT2D eigenvalue weighted by molar-refractivity contribution is -0.116. The predicted molar refractivity (Wildman–Crippen MR) is 99.3 cm³/mol. The van der Waals surface area contributed by atoms with Gasteiger partial charge in [-0.2, -0.15) is 0 Å². The highest BCUT2D eigenvalue weighted by Crippen LogP contribution is 2.35. The summed E-state index contributed by atoms with van der Waals surface area (Å²) in [6.45, 7) is 0.496. The molecule has 0 saturated carbocycles. The largest absolute Gasteiger partial charge is 0.494 e. The van der Waals surface area contributed by atoms with Crippen LogP contribution < -0.4 is 21.5 Å². The minimum atomic E-state index is -0.372. The van der Waals surface area contributed by atoms with E-state index in [0.29, 0.717) is 25.1 Å². The molecule has 1 amide bonds. The lowest BCUT2D eigenvalue weighted by Crippen LogP contribution is -2.26. The van der Waals surface area contributed by atoms with Gasteiger partial charge in [0.1, 0.15) is 5.75 Å². The van der Waals surface area contributed by atoms with Gasteiger partial charge in [0, 0.05) is 13.0 Å². The van der Waals surface area contributed by atoms with Gasteiger partial charge in [-0.05, 0) is 62.1 Å². The van der Waals surface area contributed by atoms with Crippen molar-refractivity contribution in [3.05, 3.63) is 32.4 Å². The van der Waals surface area contributed by atoms with E-state index in [1.807, 2.05) is 12.1 Å². The van der Waals surface area contributed by atoms with Crippen LogP contribution in [0, 0.1) is 0 Å². The number of hydrogen-bond acceptors (Lipinski definition) is 4. The zero-order chi connectivity index (χ0) is 17.7. The van der Waals surface area contributed by atoms with Gasteiger partial charge in [-0.15, -0.1) is 0 Å². The molecule has 1 aromatic rings. The quantitative estimate of drug-likeness (QED) is 0.260. The molecule has 0 bridgehead atoms. The van der Waals surface area contributed by atoms with E-state index in [-0.39, 0.29) is 23.9 Å². The number of carbonyl (C=O) groups excluding carboxylic acids is 1. The summed E-state index contributed by atoms with van der Waals surface area (Å²) < 4.78 is 12.5. The number of ether oxygens (including phenoxy) is 2. The van der Waals surface area contributed by atoms with Gasteiger partial charge in [0.25, 0.3) is 5.91 Å². The number of aliphatic imine (C=N–C) groups is 1. The van der Waals surface area contributed by atoms with Gasteiger partial charge in [-0.1, -0.05) is 0 Å². The highest BCUT2D eigenvalue weighted by atomic mass is 79.9. The highest BCUT2D eigenvalue weighted by Gasteiger charge is 2.27. The van der Waals surface area contributed by atoms with Crippen molar-refractivity contribution in [2.75, 3.05) is 13.7 Å². The number of rotatable bonds is 6. The van der Waals surface area contributed by atoms with E-state index in [0.717, 1.165) is 14.5 Å². The molecule has 1 fully saturated rings. The summed E-state index contributed by atoms with van der Waals surface area (Å²) in [6, 6.07) is 3.69. The molecule has 1 aromatic carbocycles. The van der Waals surface area contributed by atoms with Crippen molar-refractivity contribution in [2.45, 2.75) is 19.1 Å². The molecule has 0 aliphatic carbocycles. The van der Waals surface area contributed by atoms with Crippen molar-refractivity contribution in [3.8, 4) is 5.75 Å². The average Bonchev–Trinajstić information content (AvgIpc) is 2.83. The van der Waals surface area contributed by atoms with Crippen LogP contribution in [0.15, 0.2) is 31.8 Å². The van der Waals surface area contributed by atoms with Gasteiger partial charge in [0.05, 0.1) is 16.1 Å². The van der Waals surface area contributed by atoms with Gasteiger partial charge >= 0.3 is 0 Å². The first-order chi connectivity index (χ1) is 11.4. The topological polar surface area (TPSA) is 112 Å². The van der Waals surface area contributed by atoms with Crippen molar-refractivity contribution in [3.63, 3.8) is 0 Å². The Labute approximate surface area is 156 Å². The van der Waals surface area contributed by atoms with E-state index in [9.17, 15) is 4.79 Å². The summed E-state index contributed by atoms with van der Waals surface area (Å²) in [4.78, 5) is 15.9. The fourth-order valence-corrected chi connectivity index (χ4v) is 3.72. The van der Waals surface area contributed by atoms with Crippen molar-refractivity contribution >= 4 is 49.8 Å². The van der Waals surface area contributed by atoms with Crippen molar-refractivity contribution in [1.29, 1.82) is 0 Å². The lowest BCUT2D eigenvalue weighted by Gasteiger charge is -2.09. The van der Waals surface area contributed by atoms with Crippen LogP contribution in [0.25, 0.3) is 6.08 Å². The van der Waals surface area contributed by atoms with Crippen LogP contribution in [-0.4, -0.2) is 31.7 Å². The van der Waals surface area contributed by atoms with Crippen LogP contribution in [-0.2, 0) is 9.53 Å². The minimum Gasteiger partial charge on any atom is -0.494 e. The molecule has 1 aliphatic rings. The molecular weight excluding hydrogens is 444 g/mol. The third kappa shape index (κ3) is 4.88. The number of halogens is 2. The maximum absolute atomic E-state index is 12.0. The Kier molecular flexibility index (Phi) is 6.50. The molecule has 1 atom stereocenters. The van der Waals surface area contributed by atoms with Gasteiger partial charge in [-0.25, -0.2) is 0 Å². The van der Waals surface area contributed by atoms with Crippen LogP contribution >= 0.6 is 31.9 Å². The van der Waals surface area contributed by atoms with Gasteiger partial charge < -0.3 is 26.3 Å². The van der Waals surface area contributed by atoms with Crippen LogP contribution in [0.1, 0.15) is 18.4 Å². The highest BCUT2D eigenvalue weighted by molar-refractivity contribution is 9.11. The molecule has 0 aromatic heterocycles. The number of hydrogen-bond donors (Lipinski definition) is 3. The number of amides is 1. The monoisotopic (exact) mass is 460 g/mol. The fourth-order valence-electron chi connectivity index (χ4n) is 2.18. The van der Waals surface area contributed by atoms with E-state index in [2.05, 4.69) is 42.2 Å². The second kappa shape index (κ2) is 8.39. The summed E-state index contributed by atoms with van der Waals surface area (Å²) in [5, 5.41) is 2.78. The molecule has 2 rings (SSSR count). The molecule has 1 heterocycles. The molecule has 9 heteroatoms. The number of methoxy groups -OCH3 is 1. The number of nitrogens with one attached hydrogen (secondary N) is 1. The molecule has 0 unspecified atom stereocenters. The molecule has 1 saturated heterocycles. The zero-order valence-corrected chi connectivity index (χ0v) is 16.2. The second-order valence-corrected chi connectivity index (χ2v) is 6.76. The summed E-state index contributed by atoms with van der Waals surface area (Å²) in [6.07, 6.45) is 2.63. The SMILES string of the molecule is COc1c(Br)cc(C=C2O[C@@H](CCCN=C(N)N)NC2=O)cc1Br. The van der Waals surface area contributed by atoms with Crippen LogP contribution in [0.5, 0.6) is 5.75 Å². The Morgan fingerprint density at radius 2 is 2.08 bits per heavy atom. The molecule has 0 spiro atoms. The Bertz CT molecular complexity index is 664.